The summed E-state index contributed by atoms with van der Waals surface area (Å²) < 4.78 is 16.5. The topological polar surface area (TPSA) is 99.8 Å². The van der Waals surface area contributed by atoms with Crippen molar-refractivity contribution in [3.63, 3.8) is 0 Å². The first-order valence-corrected chi connectivity index (χ1v) is 8.70. The molecule has 3 rings (SSSR count). The van der Waals surface area contributed by atoms with Crippen molar-refractivity contribution < 1.29 is 23.5 Å². The van der Waals surface area contributed by atoms with Crippen LogP contribution in [0.15, 0.2) is 57.7 Å². The summed E-state index contributed by atoms with van der Waals surface area (Å²) in [6.07, 6.45) is -0.0464. The summed E-state index contributed by atoms with van der Waals surface area (Å²) >= 11 is 0. The molecule has 3 aromatic rings. The van der Waals surface area contributed by atoms with Crippen LogP contribution in [-0.4, -0.2) is 30.2 Å². The van der Waals surface area contributed by atoms with Crippen molar-refractivity contribution in [1.29, 1.82) is 0 Å². The number of esters is 1. The van der Waals surface area contributed by atoms with E-state index < -0.39 is 17.6 Å². The van der Waals surface area contributed by atoms with Crippen LogP contribution >= 0.6 is 0 Å². The molecule has 0 bridgehead atoms. The van der Waals surface area contributed by atoms with Gasteiger partial charge in [-0.05, 0) is 29.8 Å². The minimum Gasteiger partial charge on any atom is -0.497 e. The number of nitrogens with one attached hydrogen (secondary N) is 1. The second kappa shape index (κ2) is 8.90. The Balaban J connectivity index is 1.42. The summed E-state index contributed by atoms with van der Waals surface area (Å²) in [6, 6.07) is 14.2. The van der Waals surface area contributed by atoms with Crippen molar-refractivity contribution in [2.24, 2.45) is 0 Å². The summed E-state index contributed by atoms with van der Waals surface area (Å²) in [5.41, 5.74) is 1.96. The number of methoxy groups -OCH3 is 1. The molecule has 2 aromatic carbocycles. The molecule has 0 aliphatic heterocycles. The summed E-state index contributed by atoms with van der Waals surface area (Å²) in [7, 11) is 1.58. The Kier molecular flexibility index (Phi) is 6.11. The Hall–Kier alpha value is -3.55. The molecule has 0 aliphatic rings. The van der Waals surface area contributed by atoms with Gasteiger partial charge in [0.2, 0.25) is 0 Å². The third-order valence-electron chi connectivity index (χ3n) is 4.13. The van der Waals surface area contributed by atoms with Crippen molar-refractivity contribution in [2.75, 3.05) is 13.7 Å². The van der Waals surface area contributed by atoms with Crippen molar-refractivity contribution in [2.45, 2.75) is 19.5 Å². The molecule has 1 N–H and O–H groups in total. The van der Waals surface area contributed by atoms with Gasteiger partial charge in [0.1, 0.15) is 5.75 Å². The second-order valence-corrected chi connectivity index (χ2v) is 6.02. The van der Waals surface area contributed by atoms with E-state index in [-0.39, 0.29) is 19.6 Å². The van der Waals surface area contributed by atoms with Gasteiger partial charge in [-0.3, -0.25) is 14.2 Å². The molecule has 0 radical (unpaired) electrons. The van der Waals surface area contributed by atoms with E-state index in [4.69, 9.17) is 13.9 Å². The summed E-state index contributed by atoms with van der Waals surface area (Å²) in [4.78, 5) is 35.5. The van der Waals surface area contributed by atoms with Gasteiger partial charge < -0.3 is 19.2 Å². The molecule has 0 unspecified atom stereocenters. The largest absolute Gasteiger partial charge is 0.497 e. The van der Waals surface area contributed by atoms with Crippen LogP contribution in [-0.2, 0) is 27.4 Å². The summed E-state index contributed by atoms with van der Waals surface area (Å²) in [6.45, 7) is 0.0505. The highest BCUT2D eigenvalue weighted by Gasteiger charge is 2.12. The molecule has 0 aliphatic carbocycles. The molecule has 0 saturated heterocycles. The summed E-state index contributed by atoms with van der Waals surface area (Å²) in [5, 5.41) is 2.67. The number of aromatic nitrogens is 1. The van der Waals surface area contributed by atoms with Crippen molar-refractivity contribution in [3.05, 3.63) is 64.6 Å². The first-order chi connectivity index (χ1) is 13.6. The molecule has 28 heavy (non-hydrogen) atoms. The molecule has 8 heteroatoms. The molecular weight excluding hydrogens is 364 g/mol. The maximum atomic E-state index is 11.9. The van der Waals surface area contributed by atoms with Crippen molar-refractivity contribution in [1.82, 2.24) is 9.88 Å². The number of fused-ring (bicyclic) bond motifs is 1. The van der Waals surface area contributed by atoms with E-state index in [2.05, 4.69) is 5.32 Å². The maximum Gasteiger partial charge on any atom is 0.419 e. The SMILES string of the molecule is COc1ccc(CNC(=O)COC(=O)CCn2c(=O)oc3ccccc32)cc1. The van der Waals surface area contributed by atoms with Gasteiger partial charge in [0, 0.05) is 13.1 Å². The summed E-state index contributed by atoms with van der Waals surface area (Å²) in [5.74, 6) is -0.786. The average Bonchev–Trinajstić information content (AvgIpc) is 3.04. The van der Waals surface area contributed by atoms with Crippen LogP contribution in [0.2, 0.25) is 0 Å². The zero-order chi connectivity index (χ0) is 19.9. The fourth-order valence-electron chi connectivity index (χ4n) is 2.64. The predicted molar refractivity (Wildman–Crippen MR) is 101 cm³/mol. The standard InChI is InChI=1S/C20H20N2O6/c1-26-15-8-6-14(7-9-15)12-21-18(23)13-27-19(24)10-11-22-16-4-2-3-5-17(16)28-20(22)25/h2-9H,10-13H2,1H3,(H,21,23). The Morgan fingerprint density at radius 1 is 1.11 bits per heavy atom. The smallest absolute Gasteiger partial charge is 0.419 e. The molecule has 1 amide bonds. The van der Waals surface area contributed by atoms with Crippen LogP contribution in [0.4, 0.5) is 0 Å². The number of hydrogen-bond donors (Lipinski definition) is 1. The number of carbonyl (C=O) groups is 2. The normalized spacial score (nSPS) is 10.6. The third kappa shape index (κ3) is 4.79. The van der Waals surface area contributed by atoms with Crippen LogP contribution < -0.4 is 15.8 Å². The van der Waals surface area contributed by atoms with Crippen LogP contribution in [0.25, 0.3) is 11.1 Å². The van der Waals surface area contributed by atoms with E-state index in [1.54, 1.807) is 43.5 Å². The van der Waals surface area contributed by atoms with Gasteiger partial charge in [0.05, 0.1) is 19.0 Å². The van der Waals surface area contributed by atoms with E-state index in [1.165, 1.54) is 4.57 Å². The number of oxazole rings is 1. The zero-order valence-electron chi connectivity index (χ0n) is 15.3. The van der Waals surface area contributed by atoms with Crippen LogP contribution in [0.5, 0.6) is 5.75 Å². The van der Waals surface area contributed by atoms with Gasteiger partial charge in [-0.25, -0.2) is 4.79 Å². The van der Waals surface area contributed by atoms with Crippen LogP contribution in [0.1, 0.15) is 12.0 Å². The highest BCUT2D eigenvalue weighted by molar-refractivity contribution is 5.80. The molecule has 1 aromatic heterocycles. The minimum atomic E-state index is -0.572. The molecule has 0 atom stereocenters. The number of para-hydroxylation sites is 2. The van der Waals surface area contributed by atoms with E-state index >= 15 is 0 Å². The fourth-order valence-corrected chi connectivity index (χ4v) is 2.64. The monoisotopic (exact) mass is 384 g/mol. The number of hydrogen-bond acceptors (Lipinski definition) is 6. The lowest BCUT2D eigenvalue weighted by molar-refractivity contribution is -0.148. The van der Waals surface area contributed by atoms with Gasteiger partial charge in [-0.2, -0.15) is 0 Å². The lowest BCUT2D eigenvalue weighted by Gasteiger charge is -2.07. The van der Waals surface area contributed by atoms with Crippen molar-refractivity contribution in [3.8, 4) is 5.75 Å². The molecule has 0 fully saturated rings. The van der Waals surface area contributed by atoms with Crippen LogP contribution in [0.3, 0.4) is 0 Å². The lowest BCUT2D eigenvalue weighted by Crippen LogP contribution is -2.28. The third-order valence-corrected chi connectivity index (χ3v) is 4.13. The average molecular weight is 384 g/mol. The van der Waals surface area contributed by atoms with Crippen molar-refractivity contribution >= 4 is 23.0 Å². The molecule has 1 heterocycles. The second-order valence-electron chi connectivity index (χ2n) is 6.02. The molecule has 146 valence electrons. The minimum absolute atomic E-state index is 0.0464. The zero-order valence-corrected chi connectivity index (χ0v) is 15.3. The number of nitrogens with zero attached hydrogens (tertiary/aromatic N) is 1. The molecule has 8 nitrogen and oxygen atoms in total. The first kappa shape index (κ1) is 19.2. The fraction of sp³-hybridized carbons (Fsp3) is 0.250. The quantitative estimate of drug-likeness (QED) is 0.595. The number of ether oxygens (including phenoxy) is 2. The van der Waals surface area contributed by atoms with Gasteiger partial charge >= 0.3 is 11.7 Å². The number of amides is 1. The maximum absolute atomic E-state index is 11.9. The number of rotatable bonds is 8. The van der Waals surface area contributed by atoms with Crippen LogP contribution in [0, 0.1) is 0 Å². The number of carbonyl (C=O) groups excluding carboxylic acids is 2. The Labute approximate surface area is 160 Å². The number of aryl methyl sites for hydroxylation is 1. The highest BCUT2D eigenvalue weighted by Crippen LogP contribution is 2.12. The molecule has 0 spiro atoms. The number of benzene rings is 2. The van der Waals surface area contributed by atoms with E-state index in [0.717, 1.165) is 11.3 Å². The van der Waals surface area contributed by atoms with Gasteiger partial charge in [-0.1, -0.05) is 24.3 Å². The molecule has 0 saturated carbocycles. The van der Waals surface area contributed by atoms with E-state index in [9.17, 15) is 14.4 Å². The highest BCUT2D eigenvalue weighted by atomic mass is 16.5. The Morgan fingerprint density at radius 2 is 1.86 bits per heavy atom. The van der Waals surface area contributed by atoms with Gasteiger partial charge in [0.15, 0.2) is 12.2 Å². The molecular formula is C20H20N2O6. The van der Waals surface area contributed by atoms with E-state index in [1.807, 2.05) is 12.1 Å². The first-order valence-electron chi connectivity index (χ1n) is 8.70. The Morgan fingerprint density at radius 3 is 2.61 bits per heavy atom. The Bertz CT molecular complexity index is 1020. The van der Waals surface area contributed by atoms with Gasteiger partial charge in [0.25, 0.3) is 5.91 Å². The predicted octanol–water partition coefficient (Wildman–Crippen LogP) is 1.85. The lowest BCUT2D eigenvalue weighted by atomic mass is 10.2. The van der Waals surface area contributed by atoms with E-state index in [0.29, 0.717) is 17.6 Å². The van der Waals surface area contributed by atoms with Gasteiger partial charge in [-0.15, -0.1) is 0 Å².